The molecule has 0 saturated carbocycles. The van der Waals surface area contributed by atoms with E-state index in [1.54, 1.807) is 11.3 Å². The van der Waals surface area contributed by atoms with Crippen molar-refractivity contribution in [1.82, 2.24) is 15.0 Å². The molecule has 8 aromatic carbocycles. The lowest BCUT2D eigenvalue weighted by Crippen LogP contribution is -2.01. The summed E-state index contributed by atoms with van der Waals surface area (Å²) in [6, 6.07) is 57.3. The Balaban J connectivity index is 1.20. The molecule has 0 radical (unpaired) electrons. The average molecular weight is 682 g/mol. The van der Waals surface area contributed by atoms with Gasteiger partial charge in [0, 0.05) is 58.6 Å². The Hall–Kier alpha value is -6.69. The van der Waals surface area contributed by atoms with Gasteiger partial charge >= 0.3 is 0 Å². The molecule has 3 aromatic heterocycles. The fourth-order valence-corrected chi connectivity index (χ4v) is 8.83. The van der Waals surface area contributed by atoms with E-state index in [1.807, 2.05) is 6.07 Å². The third-order valence-corrected chi connectivity index (χ3v) is 11.3. The van der Waals surface area contributed by atoms with Gasteiger partial charge in [0.25, 0.3) is 0 Å². The Morgan fingerprint density at radius 2 is 0.962 bits per heavy atom. The van der Waals surface area contributed by atoms with Crippen LogP contribution < -0.4 is 0 Å². The van der Waals surface area contributed by atoms with E-state index in [0.717, 1.165) is 71.3 Å². The van der Waals surface area contributed by atoms with Gasteiger partial charge in [-0.3, -0.25) is 0 Å². The number of hydrogen-bond acceptors (Lipinski definition) is 5. The maximum absolute atomic E-state index is 6.79. The fourth-order valence-electron chi connectivity index (χ4n) is 7.68. The fraction of sp³-hybridized carbons (Fsp3) is 0. The minimum absolute atomic E-state index is 0.621. The second kappa shape index (κ2) is 11.4. The first-order valence-electron chi connectivity index (χ1n) is 17.4. The minimum atomic E-state index is 0.621. The van der Waals surface area contributed by atoms with Crippen LogP contribution in [0.2, 0.25) is 0 Å². The molecule has 4 nitrogen and oxygen atoms in total. The van der Waals surface area contributed by atoms with Crippen LogP contribution in [-0.2, 0) is 0 Å². The molecule has 11 aromatic rings. The van der Waals surface area contributed by atoms with Crippen LogP contribution in [0.1, 0.15) is 0 Å². The Morgan fingerprint density at radius 3 is 1.85 bits per heavy atom. The molecule has 0 N–H and O–H groups in total. The maximum Gasteiger partial charge on any atom is 0.164 e. The topological polar surface area (TPSA) is 51.8 Å². The minimum Gasteiger partial charge on any atom is -0.455 e. The van der Waals surface area contributed by atoms with Crippen LogP contribution in [0, 0.1) is 0 Å². The second-order valence-electron chi connectivity index (χ2n) is 13.1. The number of fused-ring (bicyclic) bond motifs is 9. The van der Waals surface area contributed by atoms with Crippen LogP contribution in [-0.4, -0.2) is 15.0 Å². The number of thiophene rings is 1. The lowest BCUT2D eigenvalue weighted by Gasteiger charge is -2.12. The molecule has 0 saturated heterocycles. The van der Waals surface area contributed by atoms with E-state index in [0.29, 0.717) is 17.5 Å². The summed E-state index contributed by atoms with van der Waals surface area (Å²) in [7, 11) is 0. The number of aromatic nitrogens is 3. The summed E-state index contributed by atoms with van der Waals surface area (Å²) in [6.45, 7) is 0. The molecular weight excluding hydrogens is 655 g/mol. The highest BCUT2D eigenvalue weighted by Gasteiger charge is 2.21. The number of rotatable bonds is 4. The standard InChI is InChI=1S/C47H27N3OS/c1-2-12-29(13-3-1)32-20-11-21-37-39-27-40(33-17-6-7-19-36(33)44(39)51-43(32)37)47-49-45(30-24-25-35-34-18-8-9-23-41(34)52-42(35)26-30)48-46(50-47)38-22-10-15-28-14-4-5-16-31(28)38/h1-27H. The quantitative estimate of drug-likeness (QED) is 0.185. The molecule has 52 heavy (non-hydrogen) atoms. The van der Waals surface area contributed by atoms with E-state index in [4.69, 9.17) is 19.4 Å². The Morgan fingerprint density at radius 1 is 0.346 bits per heavy atom. The Labute approximate surface area is 302 Å². The maximum atomic E-state index is 6.79. The van der Waals surface area contributed by atoms with Gasteiger partial charge in [0.15, 0.2) is 17.5 Å². The van der Waals surface area contributed by atoms with E-state index in [-0.39, 0.29) is 0 Å². The van der Waals surface area contributed by atoms with Crippen molar-refractivity contribution in [3.8, 4) is 45.3 Å². The molecule has 0 unspecified atom stereocenters. The number of para-hydroxylation sites is 1. The van der Waals surface area contributed by atoms with Gasteiger partial charge in [0.1, 0.15) is 11.2 Å². The molecule has 0 aliphatic carbocycles. The molecule has 5 heteroatoms. The zero-order valence-electron chi connectivity index (χ0n) is 27.7. The Kier molecular flexibility index (Phi) is 6.39. The monoisotopic (exact) mass is 681 g/mol. The molecule has 242 valence electrons. The SMILES string of the molecule is c1ccc(-c2cccc3c2oc2c4ccccc4c(-c4nc(-c5ccc6c(c5)sc5ccccc56)nc(-c5cccc6ccccc56)n4)cc32)cc1. The molecule has 0 amide bonds. The van der Waals surface area contributed by atoms with E-state index in [9.17, 15) is 0 Å². The van der Waals surface area contributed by atoms with E-state index in [2.05, 4.69) is 158 Å². The van der Waals surface area contributed by atoms with Gasteiger partial charge in [-0.05, 0) is 39.9 Å². The summed E-state index contributed by atoms with van der Waals surface area (Å²) in [5, 5.41) is 8.88. The smallest absolute Gasteiger partial charge is 0.164 e. The molecular formula is C47H27N3OS. The highest BCUT2D eigenvalue weighted by Crippen LogP contribution is 2.43. The van der Waals surface area contributed by atoms with Crippen molar-refractivity contribution in [3.63, 3.8) is 0 Å². The number of hydrogen-bond donors (Lipinski definition) is 0. The van der Waals surface area contributed by atoms with Crippen molar-refractivity contribution in [3.05, 3.63) is 164 Å². The average Bonchev–Trinajstić information content (AvgIpc) is 3.79. The van der Waals surface area contributed by atoms with Crippen LogP contribution in [0.3, 0.4) is 0 Å². The van der Waals surface area contributed by atoms with E-state index in [1.165, 1.54) is 20.2 Å². The van der Waals surface area contributed by atoms with Crippen LogP contribution in [0.25, 0.3) is 109 Å². The van der Waals surface area contributed by atoms with Crippen molar-refractivity contribution >= 4 is 75.0 Å². The number of furan rings is 1. The van der Waals surface area contributed by atoms with Gasteiger partial charge in [0.05, 0.1) is 0 Å². The Bertz CT molecular complexity index is 3190. The molecule has 0 aliphatic rings. The third-order valence-electron chi connectivity index (χ3n) is 10.1. The van der Waals surface area contributed by atoms with Crippen LogP contribution in [0.4, 0.5) is 0 Å². The van der Waals surface area contributed by atoms with E-state index < -0.39 is 0 Å². The summed E-state index contributed by atoms with van der Waals surface area (Å²) >= 11 is 1.80. The van der Waals surface area contributed by atoms with Gasteiger partial charge in [0.2, 0.25) is 0 Å². The molecule has 0 aliphatic heterocycles. The normalized spacial score (nSPS) is 11.8. The lowest BCUT2D eigenvalue weighted by molar-refractivity contribution is 0.674. The summed E-state index contributed by atoms with van der Waals surface area (Å²) in [5.74, 6) is 1.90. The zero-order valence-corrected chi connectivity index (χ0v) is 28.6. The van der Waals surface area contributed by atoms with Crippen molar-refractivity contribution in [1.29, 1.82) is 0 Å². The van der Waals surface area contributed by atoms with Gasteiger partial charge in [-0.1, -0.05) is 146 Å². The third kappa shape index (κ3) is 4.50. The van der Waals surface area contributed by atoms with Crippen molar-refractivity contribution in [2.75, 3.05) is 0 Å². The van der Waals surface area contributed by atoms with Crippen LogP contribution in [0.15, 0.2) is 168 Å². The molecule has 0 bridgehead atoms. The largest absolute Gasteiger partial charge is 0.455 e. The van der Waals surface area contributed by atoms with Crippen molar-refractivity contribution < 1.29 is 4.42 Å². The molecule has 0 spiro atoms. The van der Waals surface area contributed by atoms with E-state index >= 15 is 0 Å². The van der Waals surface area contributed by atoms with Gasteiger partial charge in [-0.15, -0.1) is 11.3 Å². The van der Waals surface area contributed by atoms with Crippen molar-refractivity contribution in [2.24, 2.45) is 0 Å². The van der Waals surface area contributed by atoms with Crippen LogP contribution in [0.5, 0.6) is 0 Å². The first kappa shape index (κ1) is 29.1. The van der Waals surface area contributed by atoms with Crippen molar-refractivity contribution in [2.45, 2.75) is 0 Å². The predicted molar refractivity (Wildman–Crippen MR) is 217 cm³/mol. The highest BCUT2D eigenvalue weighted by atomic mass is 32.1. The van der Waals surface area contributed by atoms with Gasteiger partial charge in [-0.2, -0.15) is 0 Å². The van der Waals surface area contributed by atoms with Gasteiger partial charge < -0.3 is 4.42 Å². The van der Waals surface area contributed by atoms with Gasteiger partial charge in [-0.25, -0.2) is 15.0 Å². The lowest BCUT2D eigenvalue weighted by atomic mass is 9.98. The number of benzene rings is 8. The molecule has 0 atom stereocenters. The first-order chi connectivity index (χ1) is 25.8. The summed E-state index contributed by atoms with van der Waals surface area (Å²) in [5.41, 5.74) is 6.77. The predicted octanol–water partition coefficient (Wildman–Crippen LogP) is 13.1. The summed E-state index contributed by atoms with van der Waals surface area (Å²) in [6.07, 6.45) is 0. The summed E-state index contributed by atoms with van der Waals surface area (Å²) in [4.78, 5) is 15.8. The molecule has 11 rings (SSSR count). The molecule has 0 fully saturated rings. The molecule has 3 heterocycles. The first-order valence-corrected chi connectivity index (χ1v) is 18.2. The highest BCUT2D eigenvalue weighted by molar-refractivity contribution is 7.25. The summed E-state index contributed by atoms with van der Waals surface area (Å²) < 4.78 is 9.27. The van der Waals surface area contributed by atoms with Crippen LogP contribution >= 0.6 is 11.3 Å². The second-order valence-corrected chi connectivity index (χ2v) is 14.2. The zero-order chi connectivity index (χ0) is 34.2. The number of nitrogens with zero attached hydrogens (tertiary/aromatic N) is 3.